The molecule has 0 heterocycles. The summed E-state index contributed by atoms with van der Waals surface area (Å²) in [6, 6.07) is 18.8. The fourth-order valence-corrected chi connectivity index (χ4v) is 4.21. The Morgan fingerprint density at radius 3 is 2.19 bits per heavy atom. The standard InChI is InChI=1S/C23H30N2O.ClH/c1-18-9-11-21(12-10-18)24-22(26)17-19-13-15-23(16-14-19,25(2)3)20-7-5-4-6-8-20;/h4-12,19H,13-17H2,1-3H3,(H,24,26);1H. The van der Waals surface area contributed by atoms with Crippen molar-refractivity contribution in [3.63, 3.8) is 0 Å². The zero-order valence-corrected chi connectivity index (χ0v) is 17.4. The van der Waals surface area contributed by atoms with E-state index in [9.17, 15) is 4.79 Å². The van der Waals surface area contributed by atoms with Gasteiger partial charge in [-0.25, -0.2) is 0 Å². The number of nitrogens with zero attached hydrogens (tertiary/aromatic N) is 1. The van der Waals surface area contributed by atoms with E-state index in [-0.39, 0.29) is 23.9 Å². The lowest BCUT2D eigenvalue weighted by Gasteiger charge is -2.45. The summed E-state index contributed by atoms with van der Waals surface area (Å²) in [7, 11) is 4.36. The Hall–Kier alpha value is -1.84. The molecule has 1 N–H and O–H groups in total. The van der Waals surface area contributed by atoms with Gasteiger partial charge in [-0.15, -0.1) is 12.4 Å². The van der Waals surface area contributed by atoms with Gasteiger partial charge in [0.05, 0.1) is 0 Å². The highest BCUT2D eigenvalue weighted by atomic mass is 35.5. The summed E-state index contributed by atoms with van der Waals surface area (Å²) in [4.78, 5) is 14.8. The molecule has 0 bridgehead atoms. The number of carbonyl (C=O) groups excluding carboxylic acids is 1. The summed E-state index contributed by atoms with van der Waals surface area (Å²) in [5.41, 5.74) is 3.60. The van der Waals surface area contributed by atoms with Gasteiger partial charge in [-0.2, -0.15) is 0 Å². The zero-order chi connectivity index (χ0) is 18.6. The topological polar surface area (TPSA) is 32.3 Å². The second-order valence-electron chi connectivity index (χ2n) is 7.85. The lowest BCUT2D eigenvalue weighted by Crippen LogP contribution is -2.44. The molecule has 0 aliphatic heterocycles. The predicted octanol–water partition coefficient (Wildman–Crippen LogP) is 5.39. The van der Waals surface area contributed by atoms with Gasteiger partial charge in [0.1, 0.15) is 0 Å². The number of halogens is 1. The highest BCUT2D eigenvalue weighted by molar-refractivity contribution is 5.90. The Balaban J connectivity index is 0.00000261. The summed E-state index contributed by atoms with van der Waals surface area (Å²) >= 11 is 0. The quantitative estimate of drug-likeness (QED) is 0.746. The van der Waals surface area contributed by atoms with Gasteiger partial charge in [-0.1, -0.05) is 48.0 Å². The molecule has 0 spiro atoms. The van der Waals surface area contributed by atoms with Gasteiger partial charge in [0.25, 0.3) is 0 Å². The fourth-order valence-electron chi connectivity index (χ4n) is 4.21. The van der Waals surface area contributed by atoms with Gasteiger partial charge in [0, 0.05) is 17.6 Å². The molecule has 27 heavy (non-hydrogen) atoms. The molecule has 0 atom stereocenters. The van der Waals surface area contributed by atoms with E-state index < -0.39 is 0 Å². The SMILES string of the molecule is Cc1ccc(NC(=O)CC2CCC(c3ccccc3)(N(C)C)CC2)cc1.Cl. The van der Waals surface area contributed by atoms with Crippen LogP contribution in [0.1, 0.15) is 43.2 Å². The zero-order valence-electron chi connectivity index (χ0n) is 16.6. The molecule has 3 nitrogen and oxygen atoms in total. The molecule has 2 aromatic rings. The van der Waals surface area contributed by atoms with Gasteiger partial charge in [0.15, 0.2) is 0 Å². The summed E-state index contributed by atoms with van der Waals surface area (Å²) < 4.78 is 0. The molecule has 1 amide bonds. The molecule has 146 valence electrons. The maximum absolute atomic E-state index is 12.4. The molecule has 2 aromatic carbocycles. The Labute approximate surface area is 169 Å². The molecule has 4 heteroatoms. The van der Waals surface area contributed by atoms with Crippen LogP contribution in [0.15, 0.2) is 54.6 Å². The van der Waals surface area contributed by atoms with Crippen LogP contribution in [0.2, 0.25) is 0 Å². The number of hydrogen-bond acceptors (Lipinski definition) is 2. The van der Waals surface area contributed by atoms with Crippen LogP contribution in [0, 0.1) is 12.8 Å². The highest BCUT2D eigenvalue weighted by Crippen LogP contribution is 2.43. The Morgan fingerprint density at radius 2 is 1.63 bits per heavy atom. The Morgan fingerprint density at radius 1 is 1.04 bits per heavy atom. The maximum Gasteiger partial charge on any atom is 0.224 e. The predicted molar refractivity (Wildman–Crippen MR) is 115 cm³/mol. The second-order valence-corrected chi connectivity index (χ2v) is 7.85. The molecule has 0 radical (unpaired) electrons. The lowest BCUT2D eigenvalue weighted by atomic mass is 9.71. The van der Waals surface area contributed by atoms with E-state index >= 15 is 0 Å². The van der Waals surface area contributed by atoms with Crippen LogP contribution >= 0.6 is 12.4 Å². The first-order valence-corrected chi connectivity index (χ1v) is 9.59. The third-order valence-corrected chi connectivity index (χ3v) is 5.91. The Bertz CT molecular complexity index is 720. The number of anilines is 1. The minimum Gasteiger partial charge on any atom is -0.326 e. The second kappa shape index (κ2) is 9.38. The number of rotatable bonds is 5. The molecular formula is C23H31ClN2O. The minimum absolute atomic E-state index is 0. The average molecular weight is 387 g/mol. The van der Waals surface area contributed by atoms with Crippen molar-refractivity contribution in [2.75, 3.05) is 19.4 Å². The summed E-state index contributed by atoms with van der Waals surface area (Å²) in [6.45, 7) is 2.05. The maximum atomic E-state index is 12.4. The van der Waals surface area contributed by atoms with Crippen LogP contribution in [0.5, 0.6) is 0 Å². The normalized spacial score (nSPS) is 22.1. The number of carbonyl (C=O) groups is 1. The van der Waals surface area contributed by atoms with Crippen molar-refractivity contribution >= 4 is 24.0 Å². The summed E-state index contributed by atoms with van der Waals surface area (Å²) in [6.07, 6.45) is 5.01. The molecule has 1 fully saturated rings. The number of hydrogen-bond donors (Lipinski definition) is 1. The van der Waals surface area contributed by atoms with Crippen molar-refractivity contribution < 1.29 is 4.79 Å². The van der Waals surface area contributed by atoms with Crippen LogP contribution < -0.4 is 5.32 Å². The fraction of sp³-hybridized carbons (Fsp3) is 0.435. The monoisotopic (exact) mass is 386 g/mol. The minimum atomic E-state index is 0. The van der Waals surface area contributed by atoms with Gasteiger partial charge < -0.3 is 5.32 Å². The molecule has 0 aromatic heterocycles. The van der Waals surface area contributed by atoms with Gasteiger partial charge in [-0.05, 0) is 70.3 Å². The van der Waals surface area contributed by atoms with Gasteiger partial charge >= 0.3 is 0 Å². The van der Waals surface area contributed by atoms with Crippen molar-refractivity contribution in [1.82, 2.24) is 4.90 Å². The van der Waals surface area contributed by atoms with E-state index in [1.54, 1.807) is 0 Å². The smallest absolute Gasteiger partial charge is 0.224 e. The molecule has 1 aliphatic carbocycles. The van der Waals surface area contributed by atoms with E-state index in [4.69, 9.17) is 0 Å². The third kappa shape index (κ3) is 5.12. The largest absolute Gasteiger partial charge is 0.326 e. The van der Waals surface area contributed by atoms with Gasteiger partial charge in [0.2, 0.25) is 5.91 Å². The molecule has 0 unspecified atom stereocenters. The van der Waals surface area contributed by atoms with Crippen LogP contribution in [-0.2, 0) is 10.3 Å². The molecule has 0 saturated heterocycles. The average Bonchev–Trinajstić information content (AvgIpc) is 2.65. The summed E-state index contributed by atoms with van der Waals surface area (Å²) in [5.74, 6) is 0.605. The van der Waals surface area contributed by atoms with Crippen molar-refractivity contribution in [3.05, 3.63) is 65.7 Å². The lowest BCUT2D eigenvalue weighted by molar-refractivity contribution is -0.117. The van der Waals surface area contributed by atoms with E-state index in [0.717, 1.165) is 31.4 Å². The van der Waals surface area contributed by atoms with E-state index in [1.165, 1.54) is 11.1 Å². The van der Waals surface area contributed by atoms with E-state index in [0.29, 0.717) is 12.3 Å². The first kappa shape index (κ1) is 21.5. The number of benzene rings is 2. The molecule has 3 rings (SSSR count). The number of aryl methyl sites for hydroxylation is 1. The first-order chi connectivity index (χ1) is 12.5. The van der Waals surface area contributed by atoms with E-state index in [1.807, 2.05) is 24.3 Å². The van der Waals surface area contributed by atoms with E-state index in [2.05, 4.69) is 61.6 Å². The highest BCUT2D eigenvalue weighted by Gasteiger charge is 2.38. The van der Waals surface area contributed by atoms with Crippen LogP contribution in [0.4, 0.5) is 5.69 Å². The van der Waals surface area contributed by atoms with Crippen molar-refractivity contribution in [2.24, 2.45) is 5.92 Å². The van der Waals surface area contributed by atoms with Crippen LogP contribution in [0.25, 0.3) is 0 Å². The molecule has 1 saturated carbocycles. The van der Waals surface area contributed by atoms with Crippen LogP contribution in [0.3, 0.4) is 0 Å². The third-order valence-electron chi connectivity index (χ3n) is 5.91. The first-order valence-electron chi connectivity index (χ1n) is 9.59. The van der Waals surface area contributed by atoms with Gasteiger partial charge in [-0.3, -0.25) is 9.69 Å². The van der Waals surface area contributed by atoms with Crippen molar-refractivity contribution in [1.29, 1.82) is 0 Å². The van der Waals surface area contributed by atoms with Crippen LogP contribution in [-0.4, -0.2) is 24.9 Å². The Kier molecular flexibility index (Phi) is 7.46. The van der Waals surface area contributed by atoms with Crippen molar-refractivity contribution in [2.45, 2.75) is 44.6 Å². The number of amides is 1. The molecule has 1 aliphatic rings. The van der Waals surface area contributed by atoms with Crippen molar-refractivity contribution in [3.8, 4) is 0 Å². The summed E-state index contributed by atoms with van der Waals surface area (Å²) in [5, 5.41) is 3.04. The number of nitrogens with one attached hydrogen (secondary N) is 1. The molecular weight excluding hydrogens is 356 g/mol.